The minimum absolute atomic E-state index is 0. The van der Waals surface area contributed by atoms with E-state index in [9.17, 15) is 0 Å². The second-order valence-corrected chi connectivity index (χ2v) is 1.76. The molecule has 8 heavy (non-hydrogen) atoms. The zero-order valence-electron chi connectivity index (χ0n) is 4.62. The predicted molar refractivity (Wildman–Crippen MR) is 27.6 cm³/mol. The van der Waals surface area contributed by atoms with Gasteiger partial charge in [-0.2, -0.15) is 0 Å². The molecule has 1 aliphatic carbocycles. The third kappa shape index (κ3) is 5.26. The van der Waals surface area contributed by atoms with Crippen LogP contribution >= 0.6 is 0 Å². The molecule has 0 heterocycles. The van der Waals surface area contributed by atoms with Gasteiger partial charge in [0.05, 0.1) is 0 Å². The summed E-state index contributed by atoms with van der Waals surface area (Å²) in [4.78, 5) is 0. The van der Waals surface area contributed by atoms with E-state index in [0.29, 0.717) is 0 Å². The zero-order valence-corrected chi connectivity index (χ0v) is 9.16. The molecule has 2 heteroatoms. The van der Waals surface area contributed by atoms with Crippen LogP contribution in [-0.4, -0.2) is 0 Å². The Morgan fingerprint density at radius 1 is 0.750 bits per heavy atom. The van der Waals surface area contributed by atoms with E-state index in [-0.39, 0.29) is 42.1 Å². The molecule has 0 fully saturated rings. The minimum atomic E-state index is 0. The molecule has 0 aromatic carbocycles. The third-order valence-corrected chi connectivity index (χ3v) is 1.16. The van der Waals surface area contributed by atoms with Crippen LogP contribution < -0.4 is 0 Å². The summed E-state index contributed by atoms with van der Waals surface area (Å²) in [6, 6.07) is 0. The van der Waals surface area contributed by atoms with Crippen LogP contribution in [0.15, 0.2) is 12.2 Å². The van der Waals surface area contributed by atoms with Gasteiger partial charge in [0.1, 0.15) is 0 Å². The Morgan fingerprint density at radius 2 is 1.12 bits per heavy atom. The van der Waals surface area contributed by atoms with Crippen LogP contribution in [0.3, 0.4) is 0 Å². The van der Waals surface area contributed by atoms with Crippen LogP contribution in [-0.2, 0) is 42.1 Å². The zero-order chi connectivity index (χ0) is 4.24. The topological polar surface area (TPSA) is 0 Å². The molecule has 0 saturated carbocycles. The molecule has 0 nitrogen and oxygen atoms in total. The first-order valence-corrected chi connectivity index (χ1v) is 2.65. The van der Waals surface area contributed by atoms with Gasteiger partial charge >= 0.3 is 0 Å². The summed E-state index contributed by atoms with van der Waals surface area (Å²) >= 11 is 0. The summed E-state index contributed by atoms with van der Waals surface area (Å²) in [7, 11) is 0. The monoisotopic (exact) mass is 472 g/mol. The summed E-state index contributed by atoms with van der Waals surface area (Å²) in [5.74, 6) is 0. The van der Waals surface area contributed by atoms with Gasteiger partial charge in [0.25, 0.3) is 0 Å². The molecule has 0 amide bonds. The average molecular weight is 472 g/mol. The molecule has 0 atom stereocenters. The smallest absolute Gasteiger partial charge is 0 e. The maximum absolute atomic E-state index is 2.27. The van der Waals surface area contributed by atoms with Gasteiger partial charge in [-0.05, 0) is 25.7 Å². The van der Waals surface area contributed by atoms with Crippen molar-refractivity contribution < 1.29 is 42.1 Å². The van der Waals surface area contributed by atoms with Crippen molar-refractivity contribution in [1.82, 2.24) is 0 Å². The fourth-order valence-corrected chi connectivity index (χ4v) is 0.760. The third-order valence-electron chi connectivity index (χ3n) is 1.16. The summed E-state index contributed by atoms with van der Waals surface area (Å²) in [5.41, 5.74) is 0. The van der Waals surface area contributed by atoms with Crippen molar-refractivity contribution in [2.75, 3.05) is 0 Å². The predicted octanol–water partition coefficient (Wildman–Crippen LogP) is 2.11. The van der Waals surface area contributed by atoms with Gasteiger partial charge in [0.15, 0.2) is 0 Å². The van der Waals surface area contributed by atoms with Crippen molar-refractivity contribution in [1.29, 1.82) is 0 Å². The largest absolute Gasteiger partial charge is 0.0885 e. The maximum Gasteiger partial charge on any atom is 0 e. The van der Waals surface area contributed by atoms with E-state index in [0.717, 1.165) is 0 Å². The number of hydrogen-bond donors (Lipinski definition) is 0. The average Bonchev–Trinajstić information content (AvgIpc) is 1.72. The Labute approximate surface area is 79.6 Å². The molecule has 0 bridgehead atoms. The molecule has 1 rings (SSSR count). The molecule has 0 unspecified atom stereocenters. The molecule has 0 aromatic heterocycles. The van der Waals surface area contributed by atoms with E-state index in [4.69, 9.17) is 0 Å². The number of hydrogen-bond acceptors (Lipinski definition) is 0. The van der Waals surface area contributed by atoms with Gasteiger partial charge in [0.2, 0.25) is 0 Å². The Bertz CT molecular complexity index is 51.5. The first-order chi connectivity index (χ1) is 3.00. The van der Waals surface area contributed by atoms with Gasteiger partial charge in [-0.3, -0.25) is 0 Å². The molecule has 0 aliphatic heterocycles. The van der Waals surface area contributed by atoms with Crippen molar-refractivity contribution in [2.45, 2.75) is 25.7 Å². The summed E-state index contributed by atoms with van der Waals surface area (Å²) in [5, 5.41) is 0. The van der Waals surface area contributed by atoms with Crippen molar-refractivity contribution in [3.05, 3.63) is 12.2 Å². The fourth-order valence-electron chi connectivity index (χ4n) is 0.760. The SMILES string of the molecule is C1=CCCCC1.[Pt].[Pt]. The minimum Gasteiger partial charge on any atom is -0.0885 e. The first-order valence-electron chi connectivity index (χ1n) is 2.65. The van der Waals surface area contributed by atoms with E-state index >= 15 is 0 Å². The van der Waals surface area contributed by atoms with Gasteiger partial charge in [-0.15, -0.1) is 0 Å². The number of rotatable bonds is 0. The molecule has 0 radical (unpaired) electrons. The normalized spacial score (nSPS) is 16.0. The van der Waals surface area contributed by atoms with Gasteiger partial charge in [-0.25, -0.2) is 0 Å². The molecule has 1 aliphatic rings. The van der Waals surface area contributed by atoms with Crippen LogP contribution in [0.2, 0.25) is 0 Å². The van der Waals surface area contributed by atoms with E-state index < -0.39 is 0 Å². The van der Waals surface area contributed by atoms with Crippen LogP contribution in [0.25, 0.3) is 0 Å². The van der Waals surface area contributed by atoms with Crippen molar-refractivity contribution >= 4 is 0 Å². The summed E-state index contributed by atoms with van der Waals surface area (Å²) in [6.45, 7) is 0. The first kappa shape index (κ1) is 11.9. The van der Waals surface area contributed by atoms with E-state index in [1.807, 2.05) is 0 Å². The molecule has 0 N–H and O–H groups in total. The van der Waals surface area contributed by atoms with E-state index in [1.54, 1.807) is 0 Å². The Kier molecular flexibility index (Phi) is 12.0. The molecule has 0 spiro atoms. The second-order valence-electron chi connectivity index (χ2n) is 1.76. The number of allylic oxidation sites excluding steroid dienone is 2. The molecular formula is C6H10Pt2. The molecule has 0 aromatic rings. The van der Waals surface area contributed by atoms with Crippen LogP contribution in [0, 0.1) is 0 Å². The van der Waals surface area contributed by atoms with Crippen molar-refractivity contribution in [3.8, 4) is 0 Å². The second kappa shape index (κ2) is 8.12. The maximum atomic E-state index is 2.27. The summed E-state index contributed by atoms with van der Waals surface area (Å²) in [6.07, 6.45) is 10.0. The van der Waals surface area contributed by atoms with Crippen LogP contribution in [0.1, 0.15) is 25.7 Å². The quantitative estimate of drug-likeness (QED) is 0.474. The van der Waals surface area contributed by atoms with Gasteiger partial charge in [0, 0.05) is 42.1 Å². The van der Waals surface area contributed by atoms with Crippen molar-refractivity contribution in [2.24, 2.45) is 0 Å². The van der Waals surface area contributed by atoms with Gasteiger partial charge in [-0.1, -0.05) is 12.2 Å². The van der Waals surface area contributed by atoms with Gasteiger partial charge < -0.3 is 0 Å². The summed E-state index contributed by atoms with van der Waals surface area (Å²) < 4.78 is 0. The standard InChI is InChI=1S/C6H10.2Pt/c1-2-4-6-5-3-1;;/h1-2H,3-6H2;;. The Morgan fingerprint density at radius 3 is 1.25 bits per heavy atom. The molecule has 54 valence electrons. The Balaban J connectivity index is 0. The fraction of sp³-hybridized carbons (Fsp3) is 0.667. The van der Waals surface area contributed by atoms with Crippen LogP contribution in [0.5, 0.6) is 0 Å². The molecular weight excluding hydrogens is 462 g/mol. The van der Waals surface area contributed by atoms with Crippen molar-refractivity contribution in [3.63, 3.8) is 0 Å². The van der Waals surface area contributed by atoms with E-state index in [1.165, 1.54) is 25.7 Å². The van der Waals surface area contributed by atoms with E-state index in [2.05, 4.69) is 12.2 Å². The van der Waals surface area contributed by atoms with Crippen LogP contribution in [0.4, 0.5) is 0 Å². The Hall–Kier alpha value is 1.12. The molecule has 0 saturated heterocycles.